The lowest BCUT2D eigenvalue weighted by atomic mass is 10.2. The second kappa shape index (κ2) is 6.85. The van der Waals surface area contributed by atoms with Gasteiger partial charge in [-0.15, -0.1) is 0 Å². The molecular weight excluding hydrogens is 275 g/mol. The summed E-state index contributed by atoms with van der Waals surface area (Å²) in [6, 6.07) is 9.97. The van der Waals surface area contributed by atoms with Crippen molar-refractivity contribution in [1.29, 1.82) is 0 Å². The summed E-state index contributed by atoms with van der Waals surface area (Å²) in [5.74, 6) is 0. The van der Waals surface area contributed by atoms with Crippen LogP contribution in [0, 0.1) is 0 Å². The van der Waals surface area contributed by atoms with Gasteiger partial charge in [-0.3, -0.25) is 4.57 Å². The Hall–Kier alpha value is -0.413. The maximum atomic E-state index is 13.2. The van der Waals surface area contributed by atoms with Gasteiger partial charge in [0.25, 0.3) is 0 Å². The third-order valence-electron chi connectivity index (χ3n) is 2.87. The van der Waals surface area contributed by atoms with Crippen LogP contribution in [0.4, 0.5) is 0 Å². The maximum Gasteiger partial charge on any atom is 0.335 e. The molecular formula is C14H25O3PSi. The molecule has 0 saturated heterocycles. The minimum atomic E-state index is -3.11. The Bertz CT molecular complexity index is 418. The van der Waals surface area contributed by atoms with E-state index < -0.39 is 15.7 Å². The maximum absolute atomic E-state index is 13.2. The average Bonchev–Trinajstić information content (AvgIpc) is 2.28. The Morgan fingerprint density at radius 2 is 1.53 bits per heavy atom. The van der Waals surface area contributed by atoms with Gasteiger partial charge < -0.3 is 9.05 Å². The van der Waals surface area contributed by atoms with Gasteiger partial charge in [0.1, 0.15) is 0 Å². The van der Waals surface area contributed by atoms with Crippen LogP contribution in [0.25, 0.3) is 0 Å². The zero-order valence-corrected chi connectivity index (χ0v) is 14.4. The van der Waals surface area contributed by atoms with Gasteiger partial charge in [-0.25, -0.2) is 0 Å². The van der Waals surface area contributed by atoms with Crippen molar-refractivity contribution in [3.05, 3.63) is 35.9 Å². The summed E-state index contributed by atoms with van der Waals surface area (Å²) in [6.07, 6.45) is 0. The van der Waals surface area contributed by atoms with Gasteiger partial charge >= 0.3 is 7.60 Å². The molecule has 1 aromatic carbocycles. The summed E-state index contributed by atoms with van der Waals surface area (Å²) in [5, 5.41) is -0.124. The third kappa shape index (κ3) is 4.28. The van der Waals surface area contributed by atoms with Gasteiger partial charge in [0.2, 0.25) is 0 Å². The minimum Gasteiger partial charge on any atom is -0.309 e. The Morgan fingerprint density at radius 1 is 1.05 bits per heavy atom. The summed E-state index contributed by atoms with van der Waals surface area (Å²) >= 11 is 0. The largest absolute Gasteiger partial charge is 0.335 e. The molecule has 0 aliphatic carbocycles. The van der Waals surface area contributed by atoms with Crippen molar-refractivity contribution in [1.82, 2.24) is 0 Å². The number of benzene rings is 1. The monoisotopic (exact) mass is 300 g/mol. The minimum absolute atomic E-state index is 0.124. The molecule has 0 spiro atoms. The highest BCUT2D eigenvalue weighted by Crippen LogP contribution is 2.64. The van der Waals surface area contributed by atoms with Crippen molar-refractivity contribution in [3.63, 3.8) is 0 Å². The van der Waals surface area contributed by atoms with E-state index in [0.29, 0.717) is 13.2 Å². The topological polar surface area (TPSA) is 35.5 Å². The lowest BCUT2D eigenvalue weighted by molar-refractivity contribution is 0.217. The van der Waals surface area contributed by atoms with E-state index in [-0.39, 0.29) is 5.28 Å². The first-order chi connectivity index (χ1) is 8.85. The SMILES string of the molecule is CCOP(=O)(OCC)C(c1ccccc1)[Si](C)(C)C. The van der Waals surface area contributed by atoms with Crippen molar-refractivity contribution in [2.24, 2.45) is 0 Å². The Kier molecular flexibility index (Phi) is 6.00. The lowest BCUT2D eigenvalue weighted by Crippen LogP contribution is -2.32. The van der Waals surface area contributed by atoms with Gasteiger partial charge in [-0.05, 0) is 19.4 Å². The van der Waals surface area contributed by atoms with Gasteiger partial charge in [-0.1, -0.05) is 50.0 Å². The molecule has 0 N–H and O–H groups in total. The van der Waals surface area contributed by atoms with E-state index in [1.54, 1.807) is 0 Å². The number of hydrogen-bond acceptors (Lipinski definition) is 3. The first-order valence-electron chi connectivity index (χ1n) is 6.79. The van der Waals surface area contributed by atoms with Crippen LogP contribution in [-0.4, -0.2) is 21.3 Å². The van der Waals surface area contributed by atoms with Gasteiger partial charge in [-0.2, -0.15) is 0 Å². The lowest BCUT2D eigenvalue weighted by Gasteiger charge is -2.34. The molecule has 19 heavy (non-hydrogen) atoms. The van der Waals surface area contributed by atoms with Crippen LogP contribution in [-0.2, 0) is 13.6 Å². The highest BCUT2D eigenvalue weighted by Gasteiger charge is 2.45. The van der Waals surface area contributed by atoms with Gasteiger partial charge in [0.05, 0.1) is 26.6 Å². The Labute approximate surface area is 117 Å². The standard InChI is InChI=1S/C14H25O3PSi/c1-6-16-18(15,17-7-2)14(19(3,4)5)13-11-9-8-10-12-13/h8-12,14H,6-7H2,1-5H3. The zero-order valence-electron chi connectivity index (χ0n) is 12.6. The molecule has 0 aliphatic rings. The molecule has 0 aromatic heterocycles. The zero-order chi connectivity index (χ0) is 14.5. The first-order valence-corrected chi connectivity index (χ1v) is 12.0. The van der Waals surface area contributed by atoms with Crippen molar-refractivity contribution in [2.75, 3.05) is 13.2 Å². The van der Waals surface area contributed by atoms with Crippen molar-refractivity contribution >= 4 is 15.7 Å². The fourth-order valence-corrected chi connectivity index (χ4v) is 9.40. The molecule has 0 aliphatic heterocycles. The second-order valence-electron chi connectivity index (χ2n) is 5.55. The second-order valence-corrected chi connectivity index (χ2v) is 13.5. The molecule has 1 unspecified atom stereocenters. The fourth-order valence-electron chi connectivity index (χ4n) is 2.34. The average molecular weight is 300 g/mol. The van der Waals surface area contributed by atoms with Crippen LogP contribution >= 0.6 is 7.60 Å². The summed E-state index contributed by atoms with van der Waals surface area (Å²) in [6.45, 7) is 11.1. The predicted molar refractivity (Wildman–Crippen MR) is 83.4 cm³/mol. The van der Waals surface area contributed by atoms with E-state index in [2.05, 4.69) is 19.6 Å². The first kappa shape index (κ1) is 16.6. The molecule has 0 bridgehead atoms. The summed E-state index contributed by atoms with van der Waals surface area (Å²) in [5.41, 5.74) is 1.06. The highest BCUT2D eigenvalue weighted by molar-refractivity contribution is 7.57. The molecule has 5 heteroatoms. The van der Waals surface area contributed by atoms with Crippen LogP contribution in [0.15, 0.2) is 30.3 Å². The molecule has 1 aromatic rings. The molecule has 0 saturated carbocycles. The fraction of sp³-hybridized carbons (Fsp3) is 0.571. The van der Waals surface area contributed by atoms with E-state index >= 15 is 0 Å². The van der Waals surface area contributed by atoms with Crippen LogP contribution in [0.1, 0.15) is 24.7 Å². The Morgan fingerprint density at radius 3 is 1.89 bits per heavy atom. The smallest absolute Gasteiger partial charge is 0.309 e. The molecule has 1 rings (SSSR count). The summed E-state index contributed by atoms with van der Waals surface area (Å²) in [4.78, 5) is 0. The van der Waals surface area contributed by atoms with Crippen LogP contribution in [0.2, 0.25) is 19.6 Å². The molecule has 0 radical (unpaired) electrons. The van der Waals surface area contributed by atoms with E-state index in [9.17, 15) is 4.57 Å². The van der Waals surface area contributed by atoms with Crippen molar-refractivity contribution in [2.45, 2.75) is 38.8 Å². The van der Waals surface area contributed by atoms with Gasteiger partial charge in [0, 0.05) is 0 Å². The van der Waals surface area contributed by atoms with Gasteiger partial charge in [0.15, 0.2) is 0 Å². The van der Waals surface area contributed by atoms with Crippen molar-refractivity contribution in [3.8, 4) is 0 Å². The number of hydrogen-bond donors (Lipinski definition) is 0. The van der Waals surface area contributed by atoms with Crippen LogP contribution in [0.3, 0.4) is 0 Å². The summed E-state index contributed by atoms with van der Waals surface area (Å²) < 4.78 is 24.3. The van der Waals surface area contributed by atoms with Crippen LogP contribution in [0.5, 0.6) is 0 Å². The molecule has 0 fully saturated rings. The normalized spacial score (nSPS) is 14.4. The molecule has 1 atom stereocenters. The van der Waals surface area contributed by atoms with E-state index in [1.807, 2.05) is 44.2 Å². The molecule has 0 heterocycles. The molecule has 0 amide bonds. The van der Waals surface area contributed by atoms with E-state index in [1.165, 1.54) is 0 Å². The van der Waals surface area contributed by atoms with E-state index in [4.69, 9.17) is 9.05 Å². The Balaban J connectivity index is 3.27. The molecule has 3 nitrogen and oxygen atoms in total. The summed E-state index contributed by atoms with van der Waals surface area (Å²) in [7, 11) is -4.86. The number of rotatable bonds is 7. The third-order valence-corrected chi connectivity index (χ3v) is 10.3. The quantitative estimate of drug-likeness (QED) is 0.532. The molecule has 108 valence electrons. The van der Waals surface area contributed by atoms with Crippen molar-refractivity contribution < 1.29 is 13.6 Å². The van der Waals surface area contributed by atoms with Crippen LogP contribution < -0.4 is 0 Å². The predicted octanol–water partition coefficient (Wildman–Crippen LogP) is 4.87. The van der Waals surface area contributed by atoms with E-state index in [0.717, 1.165) is 5.56 Å². The highest BCUT2D eigenvalue weighted by atomic mass is 31.2.